The molecule has 0 spiro atoms. The van der Waals surface area contributed by atoms with Crippen LogP contribution >= 0.6 is 0 Å². The van der Waals surface area contributed by atoms with Crippen molar-refractivity contribution in [2.75, 3.05) is 5.73 Å². The van der Waals surface area contributed by atoms with Crippen LogP contribution in [0.4, 0.5) is 5.69 Å². The van der Waals surface area contributed by atoms with Gasteiger partial charge in [0.05, 0.1) is 24.6 Å². The Balaban J connectivity index is 2.10. The number of rotatable bonds is 4. The number of carbonyl (C=O) groups excluding carboxylic acids is 1. The molecular weight excluding hydrogens is 258 g/mol. The summed E-state index contributed by atoms with van der Waals surface area (Å²) in [6.07, 6.45) is 3.05. The minimum absolute atomic E-state index is 0.122. The summed E-state index contributed by atoms with van der Waals surface area (Å²) >= 11 is 0. The number of nitrogens with two attached hydrogens (primary N) is 1. The Hall–Kier alpha value is -2.44. The quantitative estimate of drug-likeness (QED) is 0.873. The SMILES string of the molecule is Cc1cnc(CNC(=O)c2nc(C(C)C)ncc2N)o1. The van der Waals surface area contributed by atoms with Crippen molar-refractivity contribution in [1.29, 1.82) is 0 Å². The molecule has 3 N–H and O–H groups in total. The number of amides is 1. The summed E-state index contributed by atoms with van der Waals surface area (Å²) < 4.78 is 5.27. The Kier molecular flexibility index (Phi) is 3.97. The van der Waals surface area contributed by atoms with Crippen molar-refractivity contribution in [1.82, 2.24) is 20.3 Å². The third kappa shape index (κ3) is 3.11. The highest BCUT2D eigenvalue weighted by molar-refractivity contribution is 5.96. The van der Waals surface area contributed by atoms with Crippen molar-refractivity contribution in [2.45, 2.75) is 33.2 Å². The van der Waals surface area contributed by atoms with Gasteiger partial charge in [-0.1, -0.05) is 13.8 Å². The maximum Gasteiger partial charge on any atom is 0.272 e. The molecule has 106 valence electrons. The van der Waals surface area contributed by atoms with Gasteiger partial charge in [0.25, 0.3) is 5.91 Å². The Morgan fingerprint density at radius 3 is 2.75 bits per heavy atom. The molecule has 2 aromatic heterocycles. The Morgan fingerprint density at radius 2 is 2.15 bits per heavy atom. The first-order chi connectivity index (χ1) is 9.47. The van der Waals surface area contributed by atoms with E-state index in [4.69, 9.17) is 10.2 Å². The second kappa shape index (κ2) is 5.68. The molecule has 0 aliphatic rings. The van der Waals surface area contributed by atoms with Gasteiger partial charge in [-0.3, -0.25) is 4.79 Å². The molecule has 0 aromatic carbocycles. The molecule has 0 aliphatic carbocycles. The highest BCUT2D eigenvalue weighted by Gasteiger charge is 2.15. The number of nitrogens with zero attached hydrogens (tertiary/aromatic N) is 3. The maximum atomic E-state index is 12.1. The third-order valence-corrected chi connectivity index (χ3v) is 2.64. The number of nitrogens with one attached hydrogen (secondary N) is 1. The number of aromatic nitrogens is 3. The van der Waals surface area contributed by atoms with Crippen LogP contribution in [0.3, 0.4) is 0 Å². The van der Waals surface area contributed by atoms with Crippen LogP contribution in [0.5, 0.6) is 0 Å². The van der Waals surface area contributed by atoms with E-state index in [1.807, 2.05) is 13.8 Å². The zero-order valence-electron chi connectivity index (χ0n) is 11.7. The zero-order valence-corrected chi connectivity index (χ0v) is 11.7. The summed E-state index contributed by atoms with van der Waals surface area (Å²) in [5.41, 5.74) is 6.16. The fourth-order valence-electron chi connectivity index (χ4n) is 1.59. The van der Waals surface area contributed by atoms with Crippen molar-refractivity contribution >= 4 is 11.6 Å². The largest absolute Gasteiger partial charge is 0.444 e. The zero-order chi connectivity index (χ0) is 14.7. The second-order valence-electron chi connectivity index (χ2n) is 4.73. The van der Waals surface area contributed by atoms with Crippen LogP contribution in [0.1, 0.15) is 47.7 Å². The molecule has 1 amide bonds. The van der Waals surface area contributed by atoms with Crippen molar-refractivity contribution in [3.8, 4) is 0 Å². The van der Waals surface area contributed by atoms with Crippen molar-refractivity contribution in [3.63, 3.8) is 0 Å². The monoisotopic (exact) mass is 275 g/mol. The first-order valence-corrected chi connectivity index (χ1v) is 6.29. The van der Waals surface area contributed by atoms with E-state index < -0.39 is 0 Å². The fourth-order valence-corrected chi connectivity index (χ4v) is 1.59. The standard InChI is InChI=1S/C13H17N5O2/c1-7(2)12-16-5-9(14)11(18-12)13(19)17-6-10-15-4-8(3)20-10/h4-5,7H,6,14H2,1-3H3,(H,17,19). The van der Waals surface area contributed by atoms with Gasteiger partial charge in [0.2, 0.25) is 5.89 Å². The van der Waals surface area contributed by atoms with Crippen LogP contribution in [-0.4, -0.2) is 20.9 Å². The van der Waals surface area contributed by atoms with Crippen LogP contribution in [0, 0.1) is 6.92 Å². The Bertz CT molecular complexity index is 621. The van der Waals surface area contributed by atoms with E-state index in [9.17, 15) is 4.79 Å². The lowest BCUT2D eigenvalue weighted by Gasteiger charge is -2.08. The summed E-state index contributed by atoms with van der Waals surface area (Å²) in [5, 5.41) is 2.67. The number of anilines is 1. The number of hydrogen-bond donors (Lipinski definition) is 2. The van der Waals surface area contributed by atoms with Gasteiger partial charge in [-0.05, 0) is 6.92 Å². The Labute approximate surface area is 116 Å². The van der Waals surface area contributed by atoms with Crippen molar-refractivity contribution in [2.24, 2.45) is 0 Å². The second-order valence-corrected chi connectivity index (χ2v) is 4.73. The smallest absolute Gasteiger partial charge is 0.272 e. The maximum absolute atomic E-state index is 12.1. The van der Waals surface area contributed by atoms with E-state index in [1.165, 1.54) is 6.20 Å². The molecule has 0 bridgehead atoms. The summed E-state index contributed by atoms with van der Waals surface area (Å²) in [5.74, 6) is 1.46. The predicted molar refractivity (Wildman–Crippen MR) is 72.9 cm³/mol. The fraction of sp³-hybridized carbons (Fsp3) is 0.385. The highest BCUT2D eigenvalue weighted by Crippen LogP contribution is 2.13. The number of hydrogen-bond acceptors (Lipinski definition) is 6. The van der Waals surface area contributed by atoms with Gasteiger partial charge < -0.3 is 15.5 Å². The molecule has 2 aromatic rings. The van der Waals surface area contributed by atoms with Gasteiger partial charge in [0.15, 0.2) is 5.69 Å². The van der Waals surface area contributed by atoms with E-state index >= 15 is 0 Å². The lowest BCUT2D eigenvalue weighted by atomic mass is 10.2. The minimum Gasteiger partial charge on any atom is -0.444 e. The molecule has 0 radical (unpaired) electrons. The summed E-state index contributed by atoms with van der Waals surface area (Å²) in [6.45, 7) is 5.87. The van der Waals surface area contributed by atoms with Gasteiger partial charge in [0, 0.05) is 5.92 Å². The van der Waals surface area contributed by atoms with Crippen LogP contribution in [0.2, 0.25) is 0 Å². The first kappa shape index (κ1) is 14.0. The van der Waals surface area contributed by atoms with E-state index in [0.717, 1.165) is 0 Å². The lowest BCUT2D eigenvalue weighted by Crippen LogP contribution is -2.26. The van der Waals surface area contributed by atoms with Gasteiger partial charge >= 0.3 is 0 Å². The molecule has 2 rings (SSSR count). The molecule has 0 unspecified atom stereocenters. The van der Waals surface area contributed by atoms with Gasteiger partial charge in [-0.2, -0.15) is 0 Å². The van der Waals surface area contributed by atoms with Crippen molar-refractivity contribution < 1.29 is 9.21 Å². The first-order valence-electron chi connectivity index (χ1n) is 6.29. The molecule has 0 saturated carbocycles. The average molecular weight is 275 g/mol. The van der Waals surface area contributed by atoms with Crippen LogP contribution in [0.15, 0.2) is 16.8 Å². The van der Waals surface area contributed by atoms with E-state index in [-0.39, 0.29) is 29.8 Å². The normalized spacial score (nSPS) is 10.8. The topological polar surface area (TPSA) is 107 Å². The number of aryl methyl sites for hydroxylation is 1. The molecular formula is C13H17N5O2. The van der Waals surface area contributed by atoms with Crippen LogP contribution in [0.25, 0.3) is 0 Å². The molecule has 2 heterocycles. The molecule has 0 atom stereocenters. The van der Waals surface area contributed by atoms with Gasteiger partial charge in [0.1, 0.15) is 11.6 Å². The van der Waals surface area contributed by atoms with Crippen LogP contribution in [-0.2, 0) is 6.54 Å². The van der Waals surface area contributed by atoms with E-state index in [1.54, 1.807) is 13.1 Å². The highest BCUT2D eigenvalue weighted by atomic mass is 16.4. The number of nitrogen functional groups attached to an aromatic ring is 1. The summed E-state index contributed by atoms with van der Waals surface area (Å²) in [6, 6.07) is 0. The van der Waals surface area contributed by atoms with Gasteiger partial charge in [-0.15, -0.1) is 0 Å². The van der Waals surface area contributed by atoms with E-state index in [0.29, 0.717) is 17.5 Å². The molecule has 20 heavy (non-hydrogen) atoms. The molecule has 0 fully saturated rings. The molecule has 7 heteroatoms. The molecule has 0 saturated heterocycles. The molecule has 0 aliphatic heterocycles. The number of oxazole rings is 1. The van der Waals surface area contributed by atoms with Crippen molar-refractivity contribution in [3.05, 3.63) is 35.6 Å². The predicted octanol–water partition coefficient (Wildman–Crippen LogP) is 1.41. The number of carbonyl (C=O) groups is 1. The van der Waals surface area contributed by atoms with E-state index in [2.05, 4.69) is 20.3 Å². The van der Waals surface area contributed by atoms with Crippen LogP contribution < -0.4 is 11.1 Å². The third-order valence-electron chi connectivity index (χ3n) is 2.64. The lowest BCUT2D eigenvalue weighted by molar-refractivity contribution is 0.0942. The Morgan fingerprint density at radius 1 is 1.40 bits per heavy atom. The van der Waals surface area contributed by atoms with Gasteiger partial charge in [-0.25, -0.2) is 15.0 Å². The minimum atomic E-state index is -0.373. The molecule has 7 nitrogen and oxygen atoms in total. The average Bonchev–Trinajstić information content (AvgIpc) is 2.82. The summed E-state index contributed by atoms with van der Waals surface area (Å²) in [4.78, 5) is 24.4. The summed E-state index contributed by atoms with van der Waals surface area (Å²) in [7, 11) is 0.